The van der Waals surface area contributed by atoms with E-state index < -0.39 is 18.5 Å². The Morgan fingerprint density at radius 1 is 0.683 bits per heavy atom. The molecule has 6 nitrogen and oxygen atoms in total. The van der Waals surface area contributed by atoms with E-state index in [2.05, 4.69) is 17.4 Å². The van der Waals surface area contributed by atoms with Gasteiger partial charge in [-0.15, -0.1) is 0 Å². The minimum Gasteiger partial charge on any atom is -0.452 e. The summed E-state index contributed by atoms with van der Waals surface area (Å²) in [4.78, 5) is 35.4. The van der Waals surface area contributed by atoms with Gasteiger partial charge in [0.15, 0.2) is 6.61 Å². The number of rotatable bonds is 6. The van der Waals surface area contributed by atoms with Crippen LogP contribution in [0.4, 0.5) is 5.69 Å². The summed E-state index contributed by atoms with van der Waals surface area (Å²) in [6, 6.07) is 34.8. The average Bonchev–Trinajstić information content (AvgIpc) is 3.00. The number of anilines is 1. The summed E-state index contributed by atoms with van der Waals surface area (Å²) in [6.45, 7) is 3.67. The number of hydrogen-bond donors (Lipinski definition) is 1. The molecule has 1 heterocycles. The molecular formula is C35H27N3O3. The molecule has 41 heavy (non-hydrogen) atoms. The lowest BCUT2D eigenvalue weighted by atomic mass is 10.0. The second kappa shape index (κ2) is 11.0. The number of nitrogens with zero attached hydrogens (tertiary/aromatic N) is 2. The second-order valence-corrected chi connectivity index (χ2v) is 10.0. The third-order valence-corrected chi connectivity index (χ3v) is 6.95. The predicted molar refractivity (Wildman–Crippen MR) is 163 cm³/mol. The maximum absolute atomic E-state index is 12.9. The van der Waals surface area contributed by atoms with Crippen molar-refractivity contribution in [1.29, 1.82) is 0 Å². The standard InChI is InChI=1S/C35H27N3O3/c1-22-10-14-25(15-11-22)33-34(26-16-12-23(2)13-17-26)38-31-20-27(18-19-30(31)37-33)35(40)41-21-32(39)36-29-9-5-7-24-6-3-4-8-28(24)29/h3-20H,21H2,1-2H3,(H,36,39). The number of aromatic nitrogens is 2. The minimum absolute atomic E-state index is 0.294. The van der Waals surface area contributed by atoms with Crippen molar-refractivity contribution >= 4 is 39.4 Å². The van der Waals surface area contributed by atoms with Crippen molar-refractivity contribution in [3.8, 4) is 22.5 Å². The van der Waals surface area contributed by atoms with Crippen molar-refractivity contribution in [3.63, 3.8) is 0 Å². The normalized spacial score (nSPS) is 11.0. The van der Waals surface area contributed by atoms with Crippen LogP contribution in [0.2, 0.25) is 0 Å². The minimum atomic E-state index is -0.610. The van der Waals surface area contributed by atoms with E-state index in [0.29, 0.717) is 22.3 Å². The number of carbonyl (C=O) groups is 2. The molecule has 1 aromatic heterocycles. The van der Waals surface area contributed by atoms with E-state index >= 15 is 0 Å². The van der Waals surface area contributed by atoms with Crippen LogP contribution in [-0.2, 0) is 9.53 Å². The number of esters is 1. The molecule has 6 heteroatoms. The van der Waals surface area contributed by atoms with Crippen molar-refractivity contribution in [3.05, 3.63) is 126 Å². The van der Waals surface area contributed by atoms with Gasteiger partial charge in [0.25, 0.3) is 5.91 Å². The molecule has 200 valence electrons. The fourth-order valence-electron chi connectivity index (χ4n) is 4.74. The highest BCUT2D eigenvalue weighted by Crippen LogP contribution is 2.32. The van der Waals surface area contributed by atoms with Crippen LogP contribution < -0.4 is 5.32 Å². The number of hydrogen-bond acceptors (Lipinski definition) is 5. The molecule has 1 amide bonds. The Hall–Kier alpha value is -5.36. The van der Waals surface area contributed by atoms with E-state index in [4.69, 9.17) is 14.7 Å². The average molecular weight is 538 g/mol. The van der Waals surface area contributed by atoms with Gasteiger partial charge in [0.2, 0.25) is 0 Å². The molecule has 0 aliphatic rings. The zero-order valence-electron chi connectivity index (χ0n) is 22.7. The molecule has 0 radical (unpaired) electrons. The summed E-state index contributed by atoms with van der Waals surface area (Å²) in [5, 5.41) is 4.76. The number of carbonyl (C=O) groups excluding carboxylic acids is 2. The summed E-state index contributed by atoms with van der Waals surface area (Å²) >= 11 is 0. The van der Waals surface area contributed by atoms with Gasteiger partial charge in [-0.1, -0.05) is 96.1 Å². The lowest BCUT2D eigenvalue weighted by Gasteiger charge is -2.12. The Labute approximate surface area is 237 Å². The van der Waals surface area contributed by atoms with Gasteiger partial charge in [-0.25, -0.2) is 14.8 Å². The lowest BCUT2D eigenvalue weighted by Crippen LogP contribution is -2.21. The highest BCUT2D eigenvalue weighted by Gasteiger charge is 2.16. The van der Waals surface area contributed by atoms with Gasteiger partial charge in [0.05, 0.1) is 28.0 Å². The van der Waals surface area contributed by atoms with E-state index in [1.165, 1.54) is 0 Å². The van der Waals surface area contributed by atoms with Crippen LogP contribution in [0.1, 0.15) is 21.5 Å². The summed E-state index contributed by atoms with van der Waals surface area (Å²) < 4.78 is 5.36. The molecule has 0 fully saturated rings. The van der Waals surface area contributed by atoms with Gasteiger partial charge in [0, 0.05) is 22.2 Å². The smallest absolute Gasteiger partial charge is 0.338 e. The van der Waals surface area contributed by atoms with Gasteiger partial charge >= 0.3 is 5.97 Å². The molecule has 0 spiro atoms. The van der Waals surface area contributed by atoms with Crippen molar-refractivity contribution in [2.24, 2.45) is 0 Å². The maximum atomic E-state index is 12.9. The second-order valence-electron chi connectivity index (χ2n) is 10.0. The van der Waals surface area contributed by atoms with Gasteiger partial charge in [-0.2, -0.15) is 0 Å². The van der Waals surface area contributed by atoms with Crippen molar-refractivity contribution in [2.45, 2.75) is 13.8 Å². The third kappa shape index (κ3) is 5.54. The van der Waals surface area contributed by atoms with Gasteiger partial charge in [-0.05, 0) is 43.5 Å². The van der Waals surface area contributed by atoms with Crippen molar-refractivity contribution < 1.29 is 14.3 Å². The number of nitrogens with one attached hydrogen (secondary N) is 1. The highest BCUT2D eigenvalue weighted by atomic mass is 16.5. The van der Waals surface area contributed by atoms with E-state index in [9.17, 15) is 9.59 Å². The van der Waals surface area contributed by atoms with Crippen LogP contribution in [0.3, 0.4) is 0 Å². The van der Waals surface area contributed by atoms with Gasteiger partial charge < -0.3 is 10.1 Å². The molecule has 6 aromatic rings. The largest absolute Gasteiger partial charge is 0.452 e. The van der Waals surface area contributed by atoms with Crippen LogP contribution in [0, 0.1) is 13.8 Å². The van der Waals surface area contributed by atoms with Gasteiger partial charge in [-0.3, -0.25) is 4.79 Å². The molecule has 0 saturated heterocycles. The first-order valence-electron chi connectivity index (χ1n) is 13.4. The van der Waals surface area contributed by atoms with Crippen LogP contribution in [0.15, 0.2) is 109 Å². The Morgan fingerprint density at radius 2 is 1.29 bits per heavy atom. The zero-order chi connectivity index (χ0) is 28.3. The van der Waals surface area contributed by atoms with Crippen LogP contribution in [-0.4, -0.2) is 28.5 Å². The fraction of sp³-hybridized carbons (Fsp3) is 0.0857. The topological polar surface area (TPSA) is 81.2 Å². The maximum Gasteiger partial charge on any atom is 0.338 e. The summed E-state index contributed by atoms with van der Waals surface area (Å²) in [5.74, 6) is -1.03. The Balaban J connectivity index is 1.26. The first-order valence-corrected chi connectivity index (χ1v) is 13.4. The monoisotopic (exact) mass is 537 g/mol. The SMILES string of the molecule is Cc1ccc(-c2nc3ccc(C(=O)OCC(=O)Nc4cccc5ccccc45)cc3nc2-c2ccc(C)cc2)cc1. The third-order valence-electron chi connectivity index (χ3n) is 6.95. The molecule has 5 aromatic carbocycles. The van der Waals surface area contributed by atoms with Crippen molar-refractivity contribution in [1.82, 2.24) is 9.97 Å². The van der Waals surface area contributed by atoms with E-state index in [-0.39, 0.29) is 0 Å². The number of amides is 1. The Bertz CT molecular complexity index is 1910. The molecule has 6 rings (SSSR count). The number of aryl methyl sites for hydroxylation is 2. The fourth-order valence-corrected chi connectivity index (χ4v) is 4.74. The first kappa shape index (κ1) is 25.9. The molecule has 0 aliphatic carbocycles. The zero-order valence-corrected chi connectivity index (χ0v) is 22.7. The van der Waals surface area contributed by atoms with Crippen LogP contribution in [0.5, 0.6) is 0 Å². The van der Waals surface area contributed by atoms with Gasteiger partial charge in [0.1, 0.15) is 0 Å². The number of benzene rings is 5. The molecule has 0 aliphatic heterocycles. The predicted octanol–water partition coefficient (Wildman–Crippen LogP) is 7.53. The summed E-state index contributed by atoms with van der Waals surface area (Å²) in [6.07, 6.45) is 0. The van der Waals surface area contributed by atoms with Crippen LogP contribution >= 0.6 is 0 Å². The quantitative estimate of drug-likeness (QED) is 0.222. The molecular weight excluding hydrogens is 510 g/mol. The first-order chi connectivity index (χ1) is 19.9. The highest BCUT2D eigenvalue weighted by molar-refractivity contribution is 6.03. The molecule has 0 bridgehead atoms. The van der Waals surface area contributed by atoms with E-state index in [1.807, 2.05) is 92.7 Å². The van der Waals surface area contributed by atoms with E-state index in [0.717, 1.165) is 44.4 Å². The number of ether oxygens (including phenoxy) is 1. The molecule has 0 unspecified atom stereocenters. The van der Waals surface area contributed by atoms with Crippen molar-refractivity contribution in [2.75, 3.05) is 11.9 Å². The lowest BCUT2D eigenvalue weighted by molar-refractivity contribution is -0.119. The Kier molecular flexibility index (Phi) is 6.96. The summed E-state index contributed by atoms with van der Waals surface area (Å²) in [5.41, 5.74) is 7.86. The number of fused-ring (bicyclic) bond motifs is 2. The Morgan fingerprint density at radius 3 is 1.98 bits per heavy atom. The summed E-state index contributed by atoms with van der Waals surface area (Å²) in [7, 11) is 0. The van der Waals surface area contributed by atoms with Crippen LogP contribution in [0.25, 0.3) is 44.3 Å². The van der Waals surface area contributed by atoms with E-state index in [1.54, 1.807) is 18.2 Å². The molecule has 0 saturated carbocycles. The molecule has 1 N–H and O–H groups in total. The molecule has 0 atom stereocenters.